The van der Waals surface area contributed by atoms with Gasteiger partial charge in [-0.15, -0.1) is 11.3 Å². The van der Waals surface area contributed by atoms with E-state index in [4.69, 9.17) is 12.2 Å². The number of H-pyrrole nitrogens is 2. The Morgan fingerprint density at radius 1 is 1.29 bits per heavy atom. The van der Waals surface area contributed by atoms with E-state index in [9.17, 15) is 9.59 Å². The van der Waals surface area contributed by atoms with Gasteiger partial charge in [0.1, 0.15) is 5.69 Å². The molecule has 0 amide bonds. The molecule has 0 aliphatic rings. The fraction of sp³-hybridized carbons (Fsp3) is 0.105. The summed E-state index contributed by atoms with van der Waals surface area (Å²) in [5.74, 6) is 0. The summed E-state index contributed by atoms with van der Waals surface area (Å²) in [6.45, 7) is 1.98. The monoisotopic (exact) mass is 409 g/mol. The molecule has 9 heteroatoms. The smallest absolute Gasteiger partial charge is 0.297 e. The maximum atomic E-state index is 12.7. The number of nitrogens with zero attached hydrogens (tertiary/aromatic N) is 3. The van der Waals surface area contributed by atoms with Crippen molar-refractivity contribution in [2.45, 2.75) is 13.3 Å². The van der Waals surface area contributed by atoms with Gasteiger partial charge in [-0.3, -0.25) is 14.7 Å². The van der Waals surface area contributed by atoms with Crippen molar-refractivity contribution in [1.82, 2.24) is 19.9 Å². The van der Waals surface area contributed by atoms with Gasteiger partial charge in [0.15, 0.2) is 0 Å². The van der Waals surface area contributed by atoms with Gasteiger partial charge in [-0.25, -0.2) is 0 Å². The number of benzene rings is 1. The van der Waals surface area contributed by atoms with E-state index in [1.165, 1.54) is 17.6 Å². The average Bonchev–Trinajstić information content (AvgIpc) is 3.18. The molecule has 3 heterocycles. The zero-order valence-corrected chi connectivity index (χ0v) is 16.4. The van der Waals surface area contributed by atoms with Crippen LogP contribution in [0.25, 0.3) is 10.9 Å². The standard InChI is InChI=1S/C19H15N5O2S2/c1-11-4-5-15-12(7-11)8-13(17(25)21-15)10-20-24-18(26)16(22-23-19(24)27)9-14-3-2-6-28-14/h2-8,10H,9H2,1H3,(H,21,25)(H,23,27)/b20-10+. The summed E-state index contributed by atoms with van der Waals surface area (Å²) in [5, 5.41) is 13.6. The van der Waals surface area contributed by atoms with E-state index in [-0.39, 0.29) is 10.3 Å². The first-order valence-corrected chi connectivity index (χ1v) is 9.71. The van der Waals surface area contributed by atoms with Crippen molar-refractivity contribution in [2.24, 2.45) is 5.10 Å². The van der Waals surface area contributed by atoms with Gasteiger partial charge >= 0.3 is 0 Å². The fourth-order valence-electron chi connectivity index (χ4n) is 2.78. The molecule has 0 fully saturated rings. The normalized spacial score (nSPS) is 11.5. The SMILES string of the molecule is Cc1ccc2[nH]c(=O)c(/C=N/n3c(=S)[nH]nc(Cc4cccs4)c3=O)cc2c1. The van der Waals surface area contributed by atoms with E-state index < -0.39 is 5.56 Å². The van der Waals surface area contributed by atoms with Gasteiger partial charge in [0.25, 0.3) is 11.1 Å². The second kappa shape index (κ2) is 7.45. The Balaban J connectivity index is 1.74. The van der Waals surface area contributed by atoms with Crippen molar-refractivity contribution < 1.29 is 0 Å². The average molecular weight is 409 g/mol. The van der Waals surface area contributed by atoms with E-state index in [2.05, 4.69) is 20.3 Å². The van der Waals surface area contributed by atoms with Crippen LogP contribution in [0.2, 0.25) is 0 Å². The lowest BCUT2D eigenvalue weighted by atomic mass is 10.1. The predicted molar refractivity (Wildman–Crippen MR) is 113 cm³/mol. The van der Waals surface area contributed by atoms with Gasteiger partial charge in [-0.05, 0) is 54.2 Å². The van der Waals surface area contributed by atoms with Gasteiger partial charge < -0.3 is 4.98 Å². The Hall–Kier alpha value is -3.17. The van der Waals surface area contributed by atoms with Gasteiger partial charge in [0.05, 0.1) is 11.8 Å². The van der Waals surface area contributed by atoms with E-state index in [1.54, 1.807) is 6.07 Å². The molecule has 0 saturated carbocycles. The zero-order chi connectivity index (χ0) is 19.7. The van der Waals surface area contributed by atoms with Crippen LogP contribution in [0.1, 0.15) is 21.7 Å². The molecule has 0 unspecified atom stereocenters. The molecule has 0 radical (unpaired) electrons. The van der Waals surface area contributed by atoms with Crippen molar-refractivity contribution in [3.63, 3.8) is 0 Å². The third kappa shape index (κ3) is 3.62. The van der Waals surface area contributed by atoms with Crippen LogP contribution < -0.4 is 11.1 Å². The largest absolute Gasteiger partial charge is 0.321 e. The molecule has 4 aromatic rings. The molecule has 4 rings (SSSR count). The predicted octanol–water partition coefficient (Wildman–Crippen LogP) is 2.99. The fourth-order valence-corrected chi connectivity index (χ4v) is 3.67. The van der Waals surface area contributed by atoms with Crippen molar-refractivity contribution >= 4 is 40.7 Å². The number of nitrogens with one attached hydrogen (secondary N) is 2. The van der Waals surface area contributed by atoms with Crippen molar-refractivity contribution in [3.05, 3.63) is 89.0 Å². The third-order valence-corrected chi connectivity index (χ3v) is 5.32. The number of hydrogen-bond donors (Lipinski definition) is 2. The summed E-state index contributed by atoms with van der Waals surface area (Å²) in [7, 11) is 0. The summed E-state index contributed by atoms with van der Waals surface area (Å²) >= 11 is 6.68. The molecule has 0 spiro atoms. The molecule has 0 aliphatic carbocycles. The number of aromatic amines is 2. The molecule has 0 bridgehead atoms. The zero-order valence-electron chi connectivity index (χ0n) is 14.8. The van der Waals surface area contributed by atoms with E-state index >= 15 is 0 Å². The minimum atomic E-state index is -0.415. The molecule has 7 nitrogen and oxygen atoms in total. The van der Waals surface area contributed by atoms with Crippen LogP contribution in [0.4, 0.5) is 0 Å². The van der Waals surface area contributed by atoms with Crippen molar-refractivity contribution in [3.8, 4) is 0 Å². The molecule has 28 heavy (non-hydrogen) atoms. The first-order valence-electron chi connectivity index (χ1n) is 8.42. The van der Waals surface area contributed by atoms with Crippen molar-refractivity contribution in [1.29, 1.82) is 0 Å². The topological polar surface area (TPSA) is 95.9 Å². The number of thiophene rings is 1. The lowest BCUT2D eigenvalue weighted by Crippen LogP contribution is -2.25. The second-order valence-electron chi connectivity index (χ2n) is 6.24. The van der Waals surface area contributed by atoms with Crippen LogP contribution in [0.3, 0.4) is 0 Å². The third-order valence-electron chi connectivity index (χ3n) is 4.18. The first kappa shape index (κ1) is 18.2. The molecule has 140 valence electrons. The maximum Gasteiger partial charge on any atom is 0.297 e. The van der Waals surface area contributed by atoms with E-state index in [0.717, 1.165) is 26.0 Å². The van der Waals surface area contributed by atoms with Crippen molar-refractivity contribution in [2.75, 3.05) is 0 Å². The summed E-state index contributed by atoms with van der Waals surface area (Å²) in [5.41, 5.74) is 1.74. The highest BCUT2D eigenvalue weighted by Crippen LogP contribution is 2.13. The Morgan fingerprint density at radius 3 is 2.93 bits per heavy atom. The number of hydrogen-bond acceptors (Lipinski definition) is 6. The molecule has 0 saturated heterocycles. The highest BCUT2D eigenvalue weighted by Gasteiger charge is 2.09. The van der Waals surface area contributed by atoms with Crippen LogP contribution in [0.15, 0.2) is 56.5 Å². The van der Waals surface area contributed by atoms with Crippen LogP contribution in [0, 0.1) is 11.7 Å². The summed E-state index contributed by atoms with van der Waals surface area (Å²) < 4.78 is 1.11. The van der Waals surface area contributed by atoms with Gasteiger partial charge in [-0.2, -0.15) is 14.9 Å². The molecule has 0 atom stereocenters. The quantitative estimate of drug-likeness (QED) is 0.400. The van der Waals surface area contributed by atoms with Crippen LogP contribution >= 0.6 is 23.6 Å². The van der Waals surface area contributed by atoms with Crippen LogP contribution in [0.5, 0.6) is 0 Å². The minimum absolute atomic E-state index is 0.0595. The number of pyridine rings is 1. The van der Waals surface area contributed by atoms with Gasteiger partial charge in [-0.1, -0.05) is 17.7 Å². The van der Waals surface area contributed by atoms with Gasteiger partial charge in [0.2, 0.25) is 4.77 Å². The number of fused-ring (bicyclic) bond motifs is 1. The van der Waals surface area contributed by atoms with E-state index in [0.29, 0.717) is 17.7 Å². The molecule has 3 aromatic heterocycles. The molecule has 2 N–H and O–H groups in total. The van der Waals surface area contributed by atoms with E-state index in [1.807, 2.05) is 42.6 Å². The number of aromatic nitrogens is 4. The van der Waals surface area contributed by atoms with Gasteiger partial charge in [0, 0.05) is 16.8 Å². The Kier molecular flexibility index (Phi) is 4.84. The molecule has 1 aromatic carbocycles. The highest BCUT2D eigenvalue weighted by atomic mass is 32.1. The Morgan fingerprint density at radius 2 is 2.14 bits per heavy atom. The summed E-state index contributed by atoms with van der Waals surface area (Å²) in [6.07, 6.45) is 1.72. The molecule has 0 aliphatic heterocycles. The number of aryl methyl sites for hydroxylation is 1. The lowest BCUT2D eigenvalue weighted by Gasteiger charge is -2.03. The Labute approximate surface area is 168 Å². The van der Waals surface area contributed by atoms with Crippen LogP contribution in [-0.2, 0) is 6.42 Å². The lowest BCUT2D eigenvalue weighted by molar-refractivity contribution is 0.711. The molecular formula is C19H15N5O2S2. The number of rotatable bonds is 4. The second-order valence-corrected chi connectivity index (χ2v) is 7.66. The minimum Gasteiger partial charge on any atom is -0.321 e. The summed E-state index contributed by atoms with van der Waals surface area (Å²) in [4.78, 5) is 28.8. The highest BCUT2D eigenvalue weighted by molar-refractivity contribution is 7.71. The van der Waals surface area contributed by atoms with Crippen LogP contribution in [-0.4, -0.2) is 26.1 Å². The molecular weight excluding hydrogens is 394 g/mol. The first-order chi connectivity index (χ1) is 13.5. The summed E-state index contributed by atoms with van der Waals surface area (Å²) in [6, 6.07) is 11.3. The maximum absolute atomic E-state index is 12.7. The Bertz CT molecular complexity index is 1360.